The second-order valence-corrected chi connectivity index (χ2v) is 4.74. The van der Waals surface area contributed by atoms with Gasteiger partial charge in [0.1, 0.15) is 12.4 Å². The number of aromatic nitrogens is 3. The molecule has 1 atom stereocenters. The molecule has 2 rings (SSSR count). The van der Waals surface area contributed by atoms with E-state index < -0.39 is 0 Å². The van der Waals surface area contributed by atoms with Crippen molar-refractivity contribution in [1.82, 2.24) is 14.8 Å². The Labute approximate surface area is 117 Å². The van der Waals surface area contributed by atoms with Crippen LogP contribution in [0.2, 0.25) is 0 Å². The van der Waals surface area contributed by atoms with Gasteiger partial charge in [-0.15, -0.1) is 0 Å². The molecular formula is C14H18N4O2. The third-order valence-electron chi connectivity index (χ3n) is 2.77. The van der Waals surface area contributed by atoms with Gasteiger partial charge in [0.05, 0.1) is 18.4 Å². The summed E-state index contributed by atoms with van der Waals surface area (Å²) in [7, 11) is 0. The molecule has 0 saturated heterocycles. The molecule has 0 spiro atoms. The van der Waals surface area contributed by atoms with Crippen molar-refractivity contribution in [3.8, 4) is 5.75 Å². The van der Waals surface area contributed by atoms with Crippen molar-refractivity contribution in [2.75, 3.05) is 6.61 Å². The number of hydrogen-bond donors (Lipinski definition) is 1. The molecule has 2 N–H and O–H groups in total. The van der Waals surface area contributed by atoms with Gasteiger partial charge in [0.15, 0.2) is 0 Å². The second kappa shape index (κ2) is 6.29. The number of rotatable bonds is 5. The van der Waals surface area contributed by atoms with Gasteiger partial charge in [-0.2, -0.15) is 5.10 Å². The molecule has 0 aromatic carbocycles. The molecule has 2 aromatic heterocycles. The predicted octanol–water partition coefficient (Wildman–Crippen LogP) is 0.721. The number of hydrogen-bond acceptors (Lipinski definition) is 5. The lowest BCUT2D eigenvalue weighted by Gasteiger charge is -2.10. The van der Waals surface area contributed by atoms with Crippen LogP contribution >= 0.6 is 0 Å². The van der Waals surface area contributed by atoms with Crippen LogP contribution in [-0.2, 0) is 6.54 Å². The highest BCUT2D eigenvalue weighted by Gasteiger charge is 2.05. The quantitative estimate of drug-likeness (QED) is 0.868. The van der Waals surface area contributed by atoms with Crippen LogP contribution in [0.5, 0.6) is 5.75 Å². The predicted molar refractivity (Wildman–Crippen MR) is 75.7 cm³/mol. The fourth-order valence-electron chi connectivity index (χ4n) is 1.67. The molecule has 0 bridgehead atoms. The fourth-order valence-corrected chi connectivity index (χ4v) is 1.67. The molecule has 0 aliphatic rings. The third kappa shape index (κ3) is 3.64. The summed E-state index contributed by atoms with van der Waals surface area (Å²) in [6, 6.07) is 5.13. The Morgan fingerprint density at radius 2 is 2.30 bits per heavy atom. The van der Waals surface area contributed by atoms with E-state index in [9.17, 15) is 4.79 Å². The molecule has 0 radical (unpaired) electrons. The molecule has 0 aliphatic carbocycles. The van der Waals surface area contributed by atoms with E-state index in [1.54, 1.807) is 6.20 Å². The first-order valence-corrected chi connectivity index (χ1v) is 6.42. The number of nitrogens with two attached hydrogens (primary N) is 1. The minimum atomic E-state index is -0.225. The van der Waals surface area contributed by atoms with E-state index >= 15 is 0 Å². The summed E-state index contributed by atoms with van der Waals surface area (Å²) in [5.74, 6) is 0.432. The van der Waals surface area contributed by atoms with E-state index in [2.05, 4.69) is 10.1 Å². The van der Waals surface area contributed by atoms with E-state index in [1.807, 2.05) is 26.0 Å². The van der Waals surface area contributed by atoms with Gasteiger partial charge in [0, 0.05) is 18.3 Å². The summed E-state index contributed by atoms with van der Waals surface area (Å²) in [5.41, 5.74) is 7.22. The van der Waals surface area contributed by atoms with Crippen LogP contribution in [0.4, 0.5) is 0 Å². The van der Waals surface area contributed by atoms with Crippen LogP contribution < -0.4 is 16.0 Å². The minimum Gasteiger partial charge on any atom is -0.490 e. The van der Waals surface area contributed by atoms with Crippen molar-refractivity contribution in [2.24, 2.45) is 5.73 Å². The number of nitrogens with zero attached hydrogens (tertiary/aromatic N) is 3. The van der Waals surface area contributed by atoms with Gasteiger partial charge in [-0.05, 0) is 25.5 Å². The first-order valence-electron chi connectivity index (χ1n) is 6.42. The largest absolute Gasteiger partial charge is 0.490 e. The second-order valence-electron chi connectivity index (χ2n) is 4.74. The van der Waals surface area contributed by atoms with Crippen LogP contribution in [0.15, 0.2) is 35.4 Å². The first kappa shape index (κ1) is 14.2. The van der Waals surface area contributed by atoms with E-state index in [1.165, 1.54) is 16.9 Å². The lowest BCUT2D eigenvalue weighted by molar-refractivity contribution is 0.293. The Morgan fingerprint density at radius 1 is 1.50 bits per heavy atom. The van der Waals surface area contributed by atoms with Gasteiger partial charge in [-0.3, -0.25) is 9.78 Å². The topological polar surface area (TPSA) is 83.0 Å². The Morgan fingerprint density at radius 3 is 2.95 bits per heavy atom. The Kier molecular flexibility index (Phi) is 4.47. The smallest absolute Gasteiger partial charge is 0.270 e. The first-order chi connectivity index (χ1) is 9.56. The van der Waals surface area contributed by atoms with Crippen LogP contribution in [0.3, 0.4) is 0 Å². The molecule has 2 heterocycles. The van der Waals surface area contributed by atoms with Gasteiger partial charge in [0.25, 0.3) is 5.56 Å². The monoisotopic (exact) mass is 274 g/mol. The van der Waals surface area contributed by atoms with Gasteiger partial charge in [0.2, 0.25) is 0 Å². The fraction of sp³-hybridized carbons (Fsp3) is 0.357. The summed E-state index contributed by atoms with van der Waals surface area (Å²) in [4.78, 5) is 16.2. The summed E-state index contributed by atoms with van der Waals surface area (Å²) in [6.45, 7) is 4.48. The number of aryl methyl sites for hydroxylation is 1. The number of pyridine rings is 1. The van der Waals surface area contributed by atoms with Crippen molar-refractivity contribution in [2.45, 2.75) is 26.4 Å². The van der Waals surface area contributed by atoms with Crippen LogP contribution in [0.25, 0.3) is 0 Å². The summed E-state index contributed by atoms with van der Waals surface area (Å²) in [6.07, 6.45) is 3.22. The summed E-state index contributed by atoms with van der Waals surface area (Å²) >= 11 is 0. The lowest BCUT2D eigenvalue weighted by Crippen LogP contribution is -2.26. The van der Waals surface area contributed by atoms with Crippen molar-refractivity contribution < 1.29 is 4.74 Å². The third-order valence-corrected chi connectivity index (χ3v) is 2.77. The van der Waals surface area contributed by atoms with Crippen LogP contribution in [0.1, 0.15) is 18.2 Å². The molecule has 6 nitrogen and oxygen atoms in total. The molecule has 0 amide bonds. The van der Waals surface area contributed by atoms with Crippen LogP contribution in [-0.4, -0.2) is 27.4 Å². The lowest BCUT2D eigenvalue weighted by atomic mass is 10.2. The molecule has 20 heavy (non-hydrogen) atoms. The summed E-state index contributed by atoms with van der Waals surface area (Å²) in [5, 5.41) is 4.09. The zero-order chi connectivity index (χ0) is 14.5. The van der Waals surface area contributed by atoms with E-state index in [4.69, 9.17) is 10.5 Å². The van der Waals surface area contributed by atoms with Crippen molar-refractivity contribution in [3.63, 3.8) is 0 Å². The van der Waals surface area contributed by atoms with Gasteiger partial charge >= 0.3 is 0 Å². The molecule has 2 aromatic rings. The van der Waals surface area contributed by atoms with E-state index in [-0.39, 0.29) is 11.6 Å². The average molecular weight is 274 g/mol. The standard InChI is InChI=1S/C14H18N4O2/c1-10-4-3-5-16-13(10)8-18-14(19)6-12(7-17-18)20-9-11(2)15/h3-7,11H,8-9,15H2,1-2H3. The van der Waals surface area contributed by atoms with Crippen molar-refractivity contribution in [3.05, 3.63) is 52.2 Å². The molecule has 1 unspecified atom stereocenters. The maximum Gasteiger partial charge on any atom is 0.270 e. The normalized spacial score (nSPS) is 12.2. The Hall–Kier alpha value is -2.21. The molecular weight excluding hydrogens is 256 g/mol. The van der Waals surface area contributed by atoms with Gasteiger partial charge < -0.3 is 10.5 Å². The Balaban J connectivity index is 2.14. The maximum atomic E-state index is 12.0. The molecule has 106 valence electrons. The van der Waals surface area contributed by atoms with Crippen molar-refractivity contribution >= 4 is 0 Å². The SMILES string of the molecule is Cc1cccnc1Cn1ncc(OCC(C)N)cc1=O. The van der Waals surface area contributed by atoms with Gasteiger partial charge in [-0.25, -0.2) is 4.68 Å². The van der Waals surface area contributed by atoms with Crippen LogP contribution in [0, 0.1) is 6.92 Å². The molecule has 0 aliphatic heterocycles. The maximum absolute atomic E-state index is 12.0. The highest BCUT2D eigenvalue weighted by Crippen LogP contribution is 2.06. The van der Waals surface area contributed by atoms with E-state index in [0.717, 1.165) is 11.3 Å². The van der Waals surface area contributed by atoms with Crippen molar-refractivity contribution in [1.29, 1.82) is 0 Å². The molecule has 6 heteroatoms. The average Bonchev–Trinajstić information content (AvgIpc) is 2.41. The molecule has 0 saturated carbocycles. The molecule has 0 fully saturated rings. The zero-order valence-electron chi connectivity index (χ0n) is 11.6. The summed E-state index contributed by atoms with van der Waals surface area (Å²) < 4.78 is 6.72. The van der Waals surface area contributed by atoms with Gasteiger partial charge in [-0.1, -0.05) is 6.07 Å². The highest BCUT2D eigenvalue weighted by molar-refractivity contribution is 5.19. The minimum absolute atomic E-state index is 0.0893. The Bertz CT molecular complexity index is 637. The number of ether oxygens (including phenoxy) is 1. The van der Waals surface area contributed by atoms with E-state index in [0.29, 0.717) is 18.9 Å². The zero-order valence-corrected chi connectivity index (χ0v) is 11.6. The highest BCUT2D eigenvalue weighted by atomic mass is 16.5.